The normalized spacial score (nSPS) is 20.2. The van der Waals surface area contributed by atoms with Gasteiger partial charge in [-0.2, -0.15) is 0 Å². The van der Waals surface area contributed by atoms with Gasteiger partial charge >= 0.3 is 0 Å². The molecule has 0 saturated heterocycles. The molecular formula is C10H15NO. The molecule has 2 N–H and O–H groups in total. The first-order chi connectivity index (χ1) is 5.68. The van der Waals surface area contributed by atoms with E-state index < -0.39 is 0 Å². The molecule has 0 aromatic rings. The largest absolute Gasteiger partial charge is 0.370 e. The molecule has 0 radical (unpaired) electrons. The Kier molecular flexibility index (Phi) is 2.75. The predicted octanol–water partition coefficient (Wildman–Crippen LogP) is 1.45. The fraction of sp³-hybridized carbons (Fsp3) is 0.700. The minimum atomic E-state index is -0.239. The maximum absolute atomic E-state index is 10.6. The Morgan fingerprint density at radius 3 is 2.50 bits per heavy atom. The molecule has 2 heteroatoms. The molecule has 1 amide bonds. The fourth-order valence-electron chi connectivity index (χ4n) is 1.88. The Balaban J connectivity index is 2.46. The van der Waals surface area contributed by atoms with Crippen LogP contribution in [0.15, 0.2) is 0 Å². The SMILES string of the molecule is C#CC1(CCC(N)=O)CCCC1. The summed E-state index contributed by atoms with van der Waals surface area (Å²) >= 11 is 0. The minimum Gasteiger partial charge on any atom is -0.370 e. The van der Waals surface area contributed by atoms with Gasteiger partial charge in [0, 0.05) is 11.8 Å². The van der Waals surface area contributed by atoms with E-state index in [1.54, 1.807) is 0 Å². The van der Waals surface area contributed by atoms with E-state index in [4.69, 9.17) is 12.2 Å². The number of carbonyl (C=O) groups excluding carboxylic acids is 1. The summed E-state index contributed by atoms with van der Waals surface area (Å²) in [7, 11) is 0. The lowest BCUT2D eigenvalue weighted by molar-refractivity contribution is -0.118. The number of amides is 1. The molecule has 0 bridgehead atoms. The quantitative estimate of drug-likeness (QED) is 0.632. The predicted molar refractivity (Wildman–Crippen MR) is 48.2 cm³/mol. The summed E-state index contributed by atoms with van der Waals surface area (Å²) in [5.41, 5.74) is 5.07. The van der Waals surface area contributed by atoms with Crippen molar-refractivity contribution < 1.29 is 4.79 Å². The third-order valence-electron chi connectivity index (χ3n) is 2.72. The first kappa shape index (κ1) is 9.12. The van der Waals surface area contributed by atoms with Crippen molar-refractivity contribution in [2.45, 2.75) is 38.5 Å². The molecule has 0 unspecified atom stereocenters. The van der Waals surface area contributed by atoms with Crippen LogP contribution in [-0.4, -0.2) is 5.91 Å². The zero-order valence-electron chi connectivity index (χ0n) is 7.31. The molecule has 1 saturated carbocycles. The van der Waals surface area contributed by atoms with Crippen molar-refractivity contribution in [3.63, 3.8) is 0 Å². The lowest BCUT2D eigenvalue weighted by Crippen LogP contribution is -2.18. The molecule has 0 aromatic heterocycles. The van der Waals surface area contributed by atoms with Crippen molar-refractivity contribution in [3.8, 4) is 12.3 Å². The number of rotatable bonds is 3. The summed E-state index contributed by atoms with van der Waals surface area (Å²) in [6, 6.07) is 0. The number of hydrogen-bond donors (Lipinski definition) is 1. The van der Waals surface area contributed by atoms with Gasteiger partial charge in [0.2, 0.25) is 5.91 Å². The average Bonchev–Trinajstić information content (AvgIpc) is 2.50. The monoisotopic (exact) mass is 165 g/mol. The standard InChI is InChI=1S/C10H15NO/c1-2-10(6-3-4-7-10)8-5-9(11)12/h1H,3-8H2,(H2,11,12). The molecule has 12 heavy (non-hydrogen) atoms. The Hall–Kier alpha value is -0.970. The highest BCUT2D eigenvalue weighted by atomic mass is 16.1. The number of primary amides is 1. The second-order valence-electron chi connectivity index (χ2n) is 3.60. The van der Waals surface area contributed by atoms with Crippen LogP contribution in [-0.2, 0) is 4.79 Å². The second kappa shape index (κ2) is 3.62. The average molecular weight is 165 g/mol. The van der Waals surface area contributed by atoms with Crippen molar-refractivity contribution >= 4 is 5.91 Å². The lowest BCUT2D eigenvalue weighted by Gasteiger charge is -2.20. The van der Waals surface area contributed by atoms with Crippen molar-refractivity contribution in [2.75, 3.05) is 0 Å². The maximum atomic E-state index is 10.6. The summed E-state index contributed by atoms with van der Waals surface area (Å²) in [5.74, 6) is 2.59. The van der Waals surface area contributed by atoms with Crippen LogP contribution in [0.2, 0.25) is 0 Å². The van der Waals surface area contributed by atoms with Gasteiger partial charge in [-0.25, -0.2) is 0 Å². The Bertz CT molecular complexity index is 208. The van der Waals surface area contributed by atoms with Crippen LogP contribution in [0.3, 0.4) is 0 Å². The van der Waals surface area contributed by atoms with Gasteiger partial charge in [0.05, 0.1) is 0 Å². The van der Waals surface area contributed by atoms with Crippen molar-refractivity contribution in [2.24, 2.45) is 11.1 Å². The molecule has 0 atom stereocenters. The van der Waals surface area contributed by atoms with E-state index >= 15 is 0 Å². The number of carbonyl (C=O) groups is 1. The molecule has 1 fully saturated rings. The van der Waals surface area contributed by atoms with Crippen LogP contribution >= 0.6 is 0 Å². The Morgan fingerprint density at radius 1 is 1.50 bits per heavy atom. The molecule has 1 aliphatic carbocycles. The number of nitrogens with two attached hydrogens (primary N) is 1. The van der Waals surface area contributed by atoms with E-state index in [0.29, 0.717) is 6.42 Å². The van der Waals surface area contributed by atoms with Crippen molar-refractivity contribution in [3.05, 3.63) is 0 Å². The lowest BCUT2D eigenvalue weighted by atomic mass is 9.82. The zero-order chi connectivity index (χ0) is 9.03. The third kappa shape index (κ3) is 2.01. The van der Waals surface area contributed by atoms with Crippen LogP contribution in [0, 0.1) is 17.8 Å². The van der Waals surface area contributed by atoms with E-state index in [0.717, 1.165) is 19.3 Å². The van der Waals surface area contributed by atoms with Gasteiger partial charge in [-0.15, -0.1) is 6.42 Å². The van der Waals surface area contributed by atoms with Gasteiger partial charge in [0.15, 0.2) is 0 Å². The highest BCUT2D eigenvalue weighted by Crippen LogP contribution is 2.41. The van der Waals surface area contributed by atoms with Crippen LogP contribution in [0.4, 0.5) is 0 Å². The van der Waals surface area contributed by atoms with Crippen molar-refractivity contribution in [1.82, 2.24) is 0 Å². The van der Waals surface area contributed by atoms with Crippen LogP contribution in [0.1, 0.15) is 38.5 Å². The van der Waals surface area contributed by atoms with Gasteiger partial charge in [-0.1, -0.05) is 18.8 Å². The summed E-state index contributed by atoms with van der Waals surface area (Å²) < 4.78 is 0. The molecule has 0 spiro atoms. The first-order valence-corrected chi connectivity index (χ1v) is 4.45. The molecular weight excluding hydrogens is 150 g/mol. The molecule has 66 valence electrons. The van der Waals surface area contributed by atoms with Gasteiger partial charge in [-0.05, 0) is 19.3 Å². The van der Waals surface area contributed by atoms with Gasteiger partial charge in [-0.3, -0.25) is 4.79 Å². The molecule has 0 heterocycles. The summed E-state index contributed by atoms with van der Waals surface area (Å²) in [4.78, 5) is 10.6. The molecule has 1 rings (SSSR count). The zero-order valence-corrected chi connectivity index (χ0v) is 7.31. The second-order valence-corrected chi connectivity index (χ2v) is 3.60. The summed E-state index contributed by atoms with van der Waals surface area (Å²) in [6.07, 6.45) is 11.2. The Morgan fingerprint density at radius 2 is 2.08 bits per heavy atom. The third-order valence-corrected chi connectivity index (χ3v) is 2.72. The topological polar surface area (TPSA) is 43.1 Å². The fourth-order valence-corrected chi connectivity index (χ4v) is 1.88. The van der Waals surface area contributed by atoms with E-state index in [9.17, 15) is 4.79 Å². The van der Waals surface area contributed by atoms with Crippen LogP contribution < -0.4 is 5.73 Å². The van der Waals surface area contributed by atoms with E-state index in [1.165, 1.54) is 12.8 Å². The number of terminal acetylenes is 1. The van der Waals surface area contributed by atoms with Gasteiger partial charge < -0.3 is 5.73 Å². The van der Waals surface area contributed by atoms with E-state index in [2.05, 4.69) is 5.92 Å². The number of hydrogen-bond acceptors (Lipinski definition) is 1. The summed E-state index contributed by atoms with van der Waals surface area (Å²) in [6.45, 7) is 0. The molecule has 2 nitrogen and oxygen atoms in total. The highest BCUT2D eigenvalue weighted by Gasteiger charge is 2.31. The molecule has 1 aliphatic rings. The smallest absolute Gasteiger partial charge is 0.217 e. The van der Waals surface area contributed by atoms with E-state index in [1.807, 2.05) is 0 Å². The maximum Gasteiger partial charge on any atom is 0.217 e. The van der Waals surface area contributed by atoms with Crippen LogP contribution in [0.5, 0.6) is 0 Å². The Labute approximate surface area is 73.5 Å². The van der Waals surface area contributed by atoms with E-state index in [-0.39, 0.29) is 11.3 Å². The summed E-state index contributed by atoms with van der Waals surface area (Å²) in [5, 5.41) is 0. The minimum absolute atomic E-state index is 0.00493. The van der Waals surface area contributed by atoms with Gasteiger partial charge in [0.25, 0.3) is 0 Å². The van der Waals surface area contributed by atoms with Crippen LogP contribution in [0.25, 0.3) is 0 Å². The van der Waals surface area contributed by atoms with Gasteiger partial charge in [0.1, 0.15) is 0 Å². The molecule has 0 aromatic carbocycles. The first-order valence-electron chi connectivity index (χ1n) is 4.45. The molecule has 0 aliphatic heterocycles. The highest BCUT2D eigenvalue weighted by molar-refractivity contribution is 5.73. The van der Waals surface area contributed by atoms with Crippen molar-refractivity contribution in [1.29, 1.82) is 0 Å².